The van der Waals surface area contributed by atoms with Crippen LogP contribution in [0.2, 0.25) is 0 Å². The van der Waals surface area contributed by atoms with Gasteiger partial charge in [-0.25, -0.2) is 38.4 Å². The van der Waals surface area contributed by atoms with Crippen molar-refractivity contribution in [1.29, 1.82) is 0 Å². The highest BCUT2D eigenvalue weighted by molar-refractivity contribution is 6.19. The second kappa shape index (κ2) is 43.6. The number of aliphatic hydroxyl groups excluding tert-OH is 1. The summed E-state index contributed by atoms with van der Waals surface area (Å²) in [7, 11) is 3.47. The Balaban J connectivity index is 0.643. The molecule has 1 fully saturated rings. The number of nitrogens with zero attached hydrogens (tertiary/aromatic N) is 11. The molecular weight excluding hydrogens is 1570 g/mol. The molecule has 0 radical (unpaired) electrons. The average Bonchev–Trinajstić information content (AvgIpc) is 1.46. The van der Waals surface area contributed by atoms with Crippen LogP contribution in [0.1, 0.15) is 75.8 Å². The number of amides is 13. The number of hydrogen-bond donors (Lipinski definition) is 8. The van der Waals surface area contributed by atoms with Crippen molar-refractivity contribution in [1.82, 2.24) is 70.1 Å². The van der Waals surface area contributed by atoms with E-state index in [9.17, 15) is 62.6 Å². The molecule has 3 atom stereocenters. The number of likely N-dealkylation sites (N-methyl/N-ethyl adjacent to an activating group) is 2. The molecule has 40 heteroatoms. The first-order valence-corrected chi connectivity index (χ1v) is 39.0. The number of fused-ring (bicyclic) bond motifs is 4. The van der Waals surface area contributed by atoms with Crippen LogP contribution in [0.4, 0.5) is 45.8 Å². The third kappa shape index (κ3) is 25.5. The average molecular weight is 1670 g/mol. The van der Waals surface area contributed by atoms with Gasteiger partial charge in [0.1, 0.15) is 60.4 Å². The quantitative estimate of drug-likeness (QED) is 0.0109. The van der Waals surface area contributed by atoms with Crippen molar-refractivity contribution in [2.75, 3.05) is 160 Å². The third-order valence-electron chi connectivity index (χ3n) is 19.3. The van der Waals surface area contributed by atoms with Gasteiger partial charge in [0.2, 0.25) is 11.8 Å². The van der Waals surface area contributed by atoms with Crippen LogP contribution in [0.15, 0.2) is 116 Å². The number of imidazole rings is 1. The van der Waals surface area contributed by atoms with E-state index in [4.69, 9.17) is 55.2 Å². The van der Waals surface area contributed by atoms with Crippen molar-refractivity contribution >= 4 is 117 Å². The lowest BCUT2D eigenvalue weighted by molar-refractivity contribution is -0.137. The van der Waals surface area contributed by atoms with Crippen molar-refractivity contribution in [2.45, 2.75) is 71.3 Å². The minimum absolute atomic E-state index is 0.00440. The van der Waals surface area contributed by atoms with E-state index in [1.165, 1.54) is 57.9 Å². The van der Waals surface area contributed by atoms with Gasteiger partial charge in [-0.1, -0.05) is 49.4 Å². The number of aromatic nitrogens is 5. The van der Waals surface area contributed by atoms with Crippen LogP contribution in [-0.2, 0) is 67.3 Å². The van der Waals surface area contributed by atoms with Crippen LogP contribution in [0, 0.1) is 12.8 Å². The predicted octanol–water partition coefficient (Wildman–Crippen LogP) is 4.95. The van der Waals surface area contributed by atoms with Gasteiger partial charge in [0.15, 0.2) is 0 Å². The molecule has 3 aromatic heterocycles. The number of aliphatic hydroxyl groups is 1. The highest BCUT2D eigenvalue weighted by atomic mass is 35.5. The largest absolute Gasteiger partial charge is 0.447 e. The van der Waals surface area contributed by atoms with Crippen LogP contribution in [0.5, 0.6) is 11.5 Å². The fourth-order valence-corrected chi connectivity index (χ4v) is 13.1. The number of hydrogen-bond acceptors (Lipinski definition) is 25. The number of ether oxygens (including phenoxy) is 8. The smallest absolute Gasteiger partial charge is 0.415 e. The van der Waals surface area contributed by atoms with Crippen LogP contribution in [-0.4, -0.2) is 283 Å². The van der Waals surface area contributed by atoms with Gasteiger partial charge in [0, 0.05) is 125 Å². The summed E-state index contributed by atoms with van der Waals surface area (Å²) in [6.07, 6.45) is 3.70. The Morgan fingerprint density at radius 1 is 0.714 bits per heavy atom. The Bertz CT molecular complexity index is 4770. The first-order valence-electron chi connectivity index (χ1n) is 38.5. The number of aryl methyl sites for hydroxylation is 1. The standard InChI is InChI=1S/C79H97ClN18O21/c1-50(2)69(88-76(108)116-41-39-113-35-31-96-47-57(89-90-96)44-83-75(107)115-40-38-114-36-32-97-65(100)21-22-66(97)101)72(104)87-60(10-7-23-82-74(81)106)71(103)84-55-15-11-52(12-16-55)49-117-77(109)92(5)26-29-94(30-34-112-37-33-99)78(110)118-58-18-13-53(14-19-58)70(102)85-56-17-20-64-86-61(48-95(64)46-56)73(105)98-45-54(43-80)68-62(98)42-63(59-9-6-8-51(3)67(59)68)119-79(111)93-27-24-91(4)25-28-93/h6,8-9,11-22,42,46-48,50,54,60,69,99H,7,10,23-41,43-45,49H2,1-5H3,(H,83,107)(H,84,103)(H,85,102)(H,87,104)(H,88,108)(H3,81,82,106)/t54-,60+,69+/m1/s1. The molecule has 0 unspecified atom stereocenters. The van der Waals surface area contributed by atoms with Gasteiger partial charge in [0.05, 0.1) is 83.5 Å². The molecule has 1 saturated heterocycles. The molecular formula is C79H97ClN18O21. The van der Waals surface area contributed by atoms with Crippen molar-refractivity contribution in [3.05, 3.63) is 149 Å². The predicted molar refractivity (Wildman–Crippen MR) is 429 cm³/mol. The summed E-state index contributed by atoms with van der Waals surface area (Å²) in [6.45, 7) is 7.96. The zero-order valence-electron chi connectivity index (χ0n) is 66.4. The number of anilines is 3. The van der Waals surface area contributed by atoms with E-state index in [1.54, 1.807) is 89.1 Å². The number of imide groups is 1. The minimum Gasteiger partial charge on any atom is -0.447 e. The lowest BCUT2D eigenvalue weighted by Gasteiger charge is -2.31. The normalized spacial score (nSPS) is 14.3. The Labute approximate surface area is 688 Å². The Kier molecular flexibility index (Phi) is 32.5. The van der Waals surface area contributed by atoms with Gasteiger partial charge < -0.3 is 110 Å². The van der Waals surface area contributed by atoms with E-state index < -0.39 is 89.9 Å². The maximum atomic E-state index is 14.6. The zero-order valence-corrected chi connectivity index (χ0v) is 67.2. The van der Waals surface area contributed by atoms with Gasteiger partial charge in [0.25, 0.3) is 23.6 Å². The summed E-state index contributed by atoms with van der Waals surface area (Å²) in [6, 6.07) is 19.8. The fourth-order valence-electron chi connectivity index (χ4n) is 12.8. The molecule has 0 spiro atoms. The highest BCUT2D eigenvalue weighted by Gasteiger charge is 2.38. The van der Waals surface area contributed by atoms with E-state index >= 15 is 0 Å². The molecule has 39 nitrogen and oxygen atoms in total. The van der Waals surface area contributed by atoms with Gasteiger partial charge in [-0.2, -0.15) is 0 Å². The van der Waals surface area contributed by atoms with Crippen molar-refractivity contribution in [3.63, 3.8) is 0 Å². The molecule has 4 aromatic carbocycles. The summed E-state index contributed by atoms with van der Waals surface area (Å²) in [4.78, 5) is 170. The van der Waals surface area contributed by atoms with Crippen LogP contribution < -0.4 is 52.0 Å². The lowest BCUT2D eigenvalue weighted by atomic mass is 9.92. The number of alkyl halides is 1. The van der Waals surface area contributed by atoms with Crippen molar-refractivity contribution < 1.29 is 101 Å². The maximum Gasteiger partial charge on any atom is 0.415 e. The lowest BCUT2D eigenvalue weighted by Crippen LogP contribution is -2.54. The minimum atomic E-state index is -1.17. The highest BCUT2D eigenvalue weighted by Crippen LogP contribution is 2.47. The molecule has 0 aliphatic carbocycles. The monoisotopic (exact) mass is 1670 g/mol. The number of nitrogens with one attached hydrogen (secondary N) is 6. The molecule has 7 aromatic rings. The molecule has 13 amide bonds. The summed E-state index contributed by atoms with van der Waals surface area (Å²) in [5, 5.41) is 34.8. The summed E-state index contributed by atoms with van der Waals surface area (Å²) in [5.74, 6) is -3.13. The molecule has 3 aliphatic heterocycles. The summed E-state index contributed by atoms with van der Waals surface area (Å²) in [5.41, 5.74) is 10.1. The van der Waals surface area contributed by atoms with E-state index in [0.29, 0.717) is 65.9 Å². The van der Waals surface area contributed by atoms with E-state index in [-0.39, 0.29) is 160 Å². The second-order valence-electron chi connectivity index (χ2n) is 28.2. The molecule has 0 bridgehead atoms. The fraction of sp³-hybridized carbons (Fsp3) is 0.430. The number of carbonyl (C=O) groups excluding carboxylic acids is 12. The molecule has 9 N–H and O–H groups in total. The number of benzene rings is 4. The maximum absolute atomic E-state index is 14.6. The van der Waals surface area contributed by atoms with E-state index in [0.717, 1.165) is 26.8 Å². The molecule has 10 rings (SSSR count). The zero-order chi connectivity index (χ0) is 85.1. The van der Waals surface area contributed by atoms with Gasteiger partial charge in [-0.3, -0.25) is 33.7 Å². The van der Waals surface area contributed by atoms with Crippen LogP contribution in [0.25, 0.3) is 16.4 Å². The Morgan fingerprint density at radius 3 is 2.13 bits per heavy atom. The molecule has 0 saturated carbocycles. The number of carbonyl (C=O) groups is 12. The van der Waals surface area contributed by atoms with E-state index in [2.05, 4.69) is 52.1 Å². The first-order chi connectivity index (χ1) is 57.3. The summed E-state index contributed by atoms with van der Waals surface area (Å²) >= 11 is 6.63. The number of nitrogens with two attached hydrogens (primary N) is 1. The first kappa shape index (κ1) is 88.8. The number of halogens is 1. The molecule has 6 heterocycles. The number of pyridine rings is 1. The Morgan fingerprint density at radius 2 is 1.42 bits per heavy atom. The number of alkyl carbamates (subject to hydrolysis) is 2. The molecule has 3 aliphatic rings. The molecule has 119 heavy (non-hydrogen) atoms. The third-order valence-corrected chi connectivity index (χ3v) is 19.6. The second-order valence-corrected chi connectivity index (χ2v) is 28.5. The summed E-state index contributed by atoms with van der Waals surface area (Å²) < 4.78 is 47.2. The van der Waals surface area contributed by atoms with Crippen molar-refractivity contribution in [3.8, 4) is 11.5 Å². The van der Waals surface area contributed by atoms with Crippen LogP contribution in [0.3, 0.4) is 0 Å². The number of piperazine rings is 1. The topological polar surface area (TPSA) is 465 Å². The Hall–Kier alpha value is -12.6. The number of urea groups is 1. The SMILES string of the molecule is Cc1cccc2c(OC(=O)N3CCN(C)CC3)cc3c(c12)[C@H](CCl)CN3C(=O)c1cn2cc(NC(=O)c3ccc(OC(=O)N(CCOCCO)CCN(C)C(=O)OCc4ccc(NC(=O)[C@H](CCCNC(N)=O)NC(=O)[C@@H](NC(=O)OCCOCCn5cc(CNC(=O)OCCOCCN6C(=O)C=CC6=O)nn5)C(C)C)cc4)cc3)ccc2n1. The number of primary amides is 1. The van der Waals surface area contributed by atoms with Gasteiger partial charge >= 0.3 is 36.5 Å². The number of rotatable bonds is 40. The van der Waals surface area contributed by atoms with Gasteiger partial charge in [-0.15, -0.1) is 16.7 Å². The van der Waals surface area contributed by atoms with Gasteiger partial charge in [-0.05, 0) is 103 Å². The van der Waals surface area contributed by atoms with Crippen LogP contribution >= 0.6 is 11.6 Å². The van der Waals surface area contributed by atoms with E-state index in [1.807, 2.05) is 32.2 Å². The molecule has 636 valence electrons. The van der Waals surface area contributed by atoms with Crippen molar-refractivity contribution in [2.24, 2.45) is 11.7 Å².